The highest BCUT2D eigenvalue weighted by molar-refractivity contribution is 9.10. The zero-order chi connectivity index (χ0) is 10.1. The van der Waals surface area contributed by atoms with Crippen LogP contribution in [0.15, 0.2) is 22.8 Å². The van der Waals surface area contributed by atoms with E-state index in [2.05, 4.69) is 20.9 Å². The summed E-state index contributed by atoms with van der Waals surface area (Å²) in [5.74, 6) is -0.135. The lowest BCUT2D eigenvalue weighted by molar-refractivity contribution is -0.142. The Morgan fingerprint density at radius 2 is 2.29 bits per heavy atom. The molecule has 5 heteroatoms. The maximum atomic E-state index is 10.6. The Labute approximate surface area is 89.7 Å². The van der Waals surface area contributed by atoms with Gasteiger partial charge in [0.2, 0.25) is 0 Å². The lowest BCUT2D eigenvalue weighted by Gasteiger charge is -2.37. The highest BCUT2D eigenvalue weighted by atomic mass is 79.9. The molecule has 2 rings (SSSR count). The quantitative estimate of drug-likeness (QED) is 0.813. The standard InChI is InChI=1S/C9H9BrN2O2/c10-7-2-1-3-8(11-7)12-4-6(5-12)9(13)14/h1-3,6H,4-5H2,(H,13,14). The molecule has 1 N–H and O–H groups in total. The maximum Gasteiger partial charge on any atom is 0.310 e. The number of nitrogens with zero attached hydrogens (tertiary/aromatic N) is 2. The molecule has 4 nitrogen and oxygen atoms in total. The molecule has 0 amide bonds. The van der Waals surface area contributed by atoms with Crippen LogP contribution in [0.25, 0.3) is 0 Å². The maximum absolute atomic E-state index is 10.6. The van der Waals surface area contributed by atoms with E-state index in [1.807, 2.05) is 23.1 Å². The van der Waals surface area contributed by atoms with Gasteiger partial charge in [0.15, 0.2) is 0 Å². The summed E-state index contributed by atoms with van der Waals surface area (Å²) in [5.41, 5.74) is 0. The Bertz CT molecular complexity index is 364. The van der Waals surface area contributed by atoms with Crippen molar-refractivity contribution in [1.29, 1.82) is 0 Å². The van der Waals surface area contributed by atoms with Crippen molar-refractivity contribution in [2.45, 2.75) is 0 Å². The van der Waals surface area contributed by atoms with Gasteiger partial charge in [0.05, 0.1) is 5.92 Å². The largest absolute Gasteiger partial charge is 0.481 e. The van der Waals surface area contributed by atoms with E-state index in [1.165, 1.54) is 0 Å². The number of aliphatic carboxylic acids is 1. The molecule has 0 saturated carbocycles. The summed E-state index contributed by atoms with van der Waals surface area (Å²) in [6.45, 7) is 1.11. The van der Waals surface area contributed by atoms with Crippen molar-refractivity contribution in [2.24, 2.45) is 5.92 Å². The fraction of sp³-hybridized carbons (Fsp3) is 0.333. The van der Waals surface area contributed by atoms with Crippen LogP contribution in [0, 0.1) is 5.92 Å². The van der Waals surface area contributed by atoms with Crippen LogP contribution in [-0.2, 0) is 4.79 Å². The van der Waals surface area contributed by atoms with E-state index in [0.717, 1.165) is 10.4 Å². The number of carboxylic acids is 1. The van der Waals surface area contributed by atoms with Gasteiger partial charge in [-0.2, -0.15) is 0 Å². The number of carboxylic acid groups (broad SMARTS) is 1. The molecule has 0 atom stereocenters. The second-order valence-electron chi connectivity index (χ2n) is 3.26. The summed E-state index contributed by atoms with van der Waals surface area (Å²) in [6, 6.07) is 5.61. The minimum atomic E-state index is -0.726. The van der Waals surface area contributed by atoms with Crippen molar-refractivity contribution in [2.75, 3.05) is 18.0 Å². The second-order valence-corrected chi connectivity index (χ2v) is 4.07. The molecule has 1 aromatic rings. The molecule has 0 radical (unpaired) electrons. The number of anilines is 1. The third kappa shape index (κ3) is 1.72. The van der Waals surface area contributed by atoms with Gasteiger partial charge in [-0.05, 0) is 28.1 Å². The molecule has 14 heavy (non-hydrogen) atoms. The fourth-order valence-corrected chi connectivity index (χ4v) is 1.73. The van der Waals surface area contributed by atoms with Gasteiger partial charge in [0, 0.05) is 13.1 Å². The van der Waals surface area contributed by atoms with Crippen molar-refractivity contribution in [3.05, 3.63) is 22.8 Å². The lowest BCUT2D eigenvalue weighted by Crippen LogP contribution is -2.50. The molecule has 1 aromatic heterocycles. The molecule has 1 aliphatic rings. The first-order valence-corrected chi connectivity index (χ1v) is 5.06. The average Bonchev–Trinajstić information content (AvgIpc) is 2.00. The SMILES string of the molecule is O=C(O)C1CN(c2cccc(Br)n2)C1. The molecule has 1 saturated heterocycles. The van der Waals surface area contributed by atoms with E-state index < -0.39 is 5.97 Å². The molecule has 0 aliphatic carbocycles. The van der Waals surface area contributed by atoms with Crippen molar-refractivity contribution >= 4 is 27.7 Å². The van der Waals surface area contributed by atoms with Gasteiger partial charge >= 0.3 is 5.97 Å². The Morgan fingerprint density at radius 3 is 2.86 bits per heavy atom. The first kappa shape index (κ1) is 9.45. The monoisotopic (exact) mass is 256 g/mol. The Hall–Kier alpha value is -1.10. The van der Waals surface area contributed by atoms with E-state index in [0.29, 0.717) is 13.1 Å². The van der Waals surface area contributed by atoms with Crippen LogP contribution in [0.5, 0.6) is 0 Å². The minimum absolute atomic E-state index is 0.240. The van der Waals surface area contributed by atoms with Crippen LogP contribution in [0.3, 0.4) is 0 Å². The van der Waals surface area contributed by atoms with Gasteiger partial charge in [-0.25, -0.2) is 4.98 Å². The van der Waals surface area contributed by atoms with E-state index in [9.17, 15) is 4.79 Å². The minimum Gasteiger partial charge on any atom is -0.481 e. The summed E-state index contributed by atoms with van der Waals surface area (Å²) in [5, 5.41) is 8.70. The zero-order valence-electron chi connectivity index (χ0n) is 7.35. The number of rotatable bonds is 2. The van der Waals surface area contributed by atoms with Crippen molar-refractivity contribution in [3.8, 4) is 0 Å². The van der Waals surface area contributed by atoms with Crippen molar-refractivity contribution in [3.63, 3.8) is 0 Å². The Kier molecular flexibility index (Phi) is 2.41. The van der Waals surface area contributed by atoms with Gasteiger partial charge in [-0.3, -0.25) is 4.79 Å². The fourth-order valence-electron chi connectivity index (χ4n) is 1.40. The molecule has 2 heterocycles. The smallest absolute Gasteiger partial charge is 0.310 e. The van der Waals surface area contributed by atoms with Crippen LogP contribution in [0.4, 0.5) is 5.82 Å². The first-order valence-electron chi connectivity index (χ1n) is 4.27. The van der Waals surface area contributed by atoms with Crippen LogP contribution in [-0.4, -0.2) is 29.1 Å². The predicted molar refractivity (Wildman–Crippen MR) is 55.3 cm³/mol. The summed E-state index contributed by atoms with van der Waals surface area (Å²) < 4.78 is 0.772. The summed E-state index contributed by atoms with van der Waals surface area (Å²) in [7, 11) is 0. The molecule has 0 aromatic carbocycles. The van der Waals surface area contributed by atoms with Gasteiger partial charge < -0.3 is 10.0 Å². The molecule has 0 bridgehead atoms. The topological polar surface area (TPSA) is 53.4 Å². The zero-order valence-corrected chi connectivity index (χ0v) is 8.94. The highest BCUT2D eigenvalue weighted by Gasteiger charge is 2.33. The molecule has 1 aliphatic heterocycles. The van der Waals surface area contributed by atoms with Crippen LogP contribution >= 0.6 is 15.9 Å². The molecule has 0 unspecified atom stereocenters. The summed E-state index contributed by atoms with van der Waals surface area (Å²) in [4.78, 5) is 16.8. The third-order valence-electron chi connectivity index (χ3n) is 2.26. The molecule has 0 spiro atoms. The number of pyridine rings is 1. The van der Waals surface area contributed by atoms with Gasteiger partial charge in [-0.1, -0.05) is 6.07 Å². The van der Waals surface area contributed by atoms with E-state index >= 15 is 0 Å². The molecular formula is C9H9BrN2O2. The lowest BCUT2D eigenvalue weighted by atomic mass is 10.0. The van der Waals surface area contributed by atoms with Gasteiger partial charge in [-0.15, -0.1) is 0 Å². The van der Waals surface area contributed by atoms with E-state index in [1.54, 1.807) is 0 Å². The predicted octanol–water partition coefficient (Wildman–Crippen LogP) is 1.36. The Morgan fingerprint density at radius 1 is 1.57 bits per heavy atom. The average molecular weight is 257 g/mol. The van der Waals surface area contributed by atoms with Crippen LogP contribution in [0.2, 0.25) is 0 Å². The van der Waals surface area contributed by atoms with Gasteiger partial charge in [0.25, 0.3) is 0 Å². The van der Waals surface area contributed by atoms with Crippen molar-refractivity contribution < 1.29 is 9.90 Å². The second kappa shape index (κ2) is 3.57. The number of carbonyl (C=O) groups is 1. The summed E-state index contributed by atoms with van der Waals surface area (Å²) in [6.07, 6.45) is 0. The van der Waals surface area contributed by atoms with Crippen LogP contribution < -0.4 is 4.90 Å². The number of hydrogen-bond donors (Lipinski definition) is 1. The van der Waals surface area contributed by atoms with E-state index in [-0.39, 0.29) is 5.92 Å². The number of aromatic nitrogens is 1. The number of hydrogen-bond acceptors (Lipinski definition) is 3. The van der Waals surface area contributed by atoms with Crippen LogP contribution in [0.1, 0.15) is 0 Å². The van der Waals surface area contributed by atoms with Crippen molar-refractivity contribution in [1.82, 2.24) is 4.98 Å². The third-order valence-corrected chi connectivity index (χ3v) is 2.70. The van der Waals surface area contributed by atoms with E-state index in [4.69, 9.17) is 5.11 Å². The summed E-state index contributed by atoms with van der Waals surface area (Å²) >= 11 is 3.27. The molecule has 74 valence electrons. The number of halogens is 1. The highest BCUT2D eigenvalue weighted by Crippen LogP contribution is 2.23. The molecule has 1 fully saturated rings. The van der Waals surface area contributed by atoms with Gasteiger partial charge in [0.1, 0.15) is 10.4 Å². The molecular weight excluding hydrogens is 248 g/mol. The normalized spacial score (nSPS) is 16.5. The first-order chi connectivity index (χ1) is 6.66. The Balaban J connectivity index is 2.03.